The molecule has 0 atom stereocenters. The number of nitrogens with zero attached hydrogens (tertiary/aromatic N) is 2. The zero-order valence-corrected chi connectivity index (χ0v) is 19.9. The van der Waals surface area contributed by atoms with Gasteiger partial charge >= 0.3 is 0 Å². The summed E-state index contributed by atoms with van der Waals surface area (Å²) in [6.07, 6.45) is 3.72. The Morgan fingerprint density at radius 1 is 0.677 bits per heavy atom. The molecule has 0 saturated carbocycles. The van der Waals surface area contributed by atoms with Gasteiger partial charge in [-0.1, -0.05) is 53.4 Å². The first-order valence-corrected chi connectivity index (χ1v) is 9.93. The third kappa shape index (κ3) is 5.73. The van der Waals surface area contributed by atoms with Gasteiger partial charge in [-0.15, -0.1) is 65.0 Å². The first-order chi connectivity index (χ1) is 14.7. The van der Waals surface area contributed by atoms with Crippen molar-refractivity contribution in [2.24, 2.45) is 0 Å². The zero-order chi connectivity index (χ0) is 20.8. The molecule has 3 aromatic carbocycles. The maximum Gasteiger partial charge on any atom is 0.0190 e. The number of benzene rings is 3. The quantitative estimate of drug-likeness (QED) is 0.214. The van der Waals surface area contributed by atoms with Gasteiger partial charge < -0.3 is 9.97 Å². The topological polar surface area (TPSA) is 25.8 Å². The van der Waals surface area contributed by atoms with Crippen LogP contribution < -0.4 is 0 Å². The van der Waals surface area contributed by atoms with Crippen molar-refractivity contribution >= 4 is 10.8 Å². The van der Waals surface area contributed by atoms with Gasteiger partial charge in [-0.2, -0.15) is 0 Å². The van der Waals surface area contributed by atoms with E-state index in [9.17, 15) is 0 Å². The molecule has 0 aliphatic heterocycles. The number of aromatic nitrogens is 2. The van der Waals surface area contributed by atoms with E-state index < -0.39 is 0 Å². The second kappa shape index (κ2) is 10.8. The van der Waals surface area contributed by atoms with Crippen LogP contribution in [-0.2, 0) is 20.1 Å². The largest absolute Gasteiger partial charge is 0.305 e. The number of hydrogen-bond donors (Lipinski definition) is 0. The summed E-state index contributed by atoms with van der Waals surface area (Å²) in [7, 11) is 0. The Labute approximate surface area is 197 Å². The minimum atomic E-state index is 0. The van der Waals surface area contributed by atoms with E-state index in [0.717, 1.165) is 22.5 Å². The number of pyridine rings is 2. The maximum atomic E-state index is 4.43. The smallest absolute Gasteiger partial charge is 0.0190 e. The Kier molecular flexibility index (Phi) is 7.83. The molecular formula is C28H22IrN2-2. The predicted molar refractivity (Wildman–Crippen MR) is 124 cm³/mol. The van der Waals surface area contributed by atoms with Gasteiger partial charge in [0.05, 0.1) is 0 Å². The van der Waals surface area contributed by atoms with Gasteiger partial charge in [0, 0.05) is 32.5 Å². The summed E-state index contributed by atoms with van der Waals surface area (Å²) in [5.41, 5.74) is 6.48. The van der Waals surface area contributed by atoms with Gasteiger partial charge in [0.1, 0.15) is 0 Å². The van der Waals surface area contributed by atoms with Gasteiger partial charge in [0.2, 0.25) is 0 Å². The number of hydrogen-bond acceptors (Lipinski definition) is 2. The molecule has 5 rings (SSSR count). The van der Waals surface area contributed by atoms with Crippen LogP contribution in [0.5, 0.6) is 0 Å². The number of fused-ring (bicyclic) bond motifs is 1. The molecule has 2 nitrogen and oxygen atoms in total. The van der Waals surface area contributed by atoms with Crippen LogP contribution >= 0.6 is 0 Å². The Morgan fingerprint density at radius 3 is 2.26 bits per heavy atom. The van der Waals surface area contributed by atoms with E-state index in [1.165, 1.54) is 21.9 Å². The van der Waals surface area contributed by atoms with Crippen molar-refractivity contribution in [3.8, 4) is 22.5 Å². The second-order valence-corrected chi connectivity index (χ2v) is 7.16. The van der Waals surface area contributed by atoms with E-state index in [1.807, 2.05) is 61.8 Å². The van der Waals surface area contributed by atoms with Crippen molar-refractivity contribution in [2.45, 2.75) is 13.8 Å². The maximum absolute atomic E-state index is 4.43. The third-order valence-electron chi connectivity index (χ3n) is 4.79. The summed E-state index contributed by atoms with van der Waals surface area (Å²) >= 11 is 0. The number of rotatable bonds is 2. The SMILES string of the molecule is Cc1ccc(-c2[c-]cccc2)nc1.Cc1ccnc(-c2[c-]ccc3ccccc23)c1.[Ir]. The van der Waals surface area contributed by atoms with Gasteiger partial charge in [-0.3, -0.25) is 0 Å². The fraction of sp³-hybridized carbons (Fsp3) is 0.0714. The van der Waals surface area contributed by atoms with E-state index in [4.69, 9.17) is 0 Å². The van der Waals surface area contributed by atoms with Crippen molar-refractivity contribution in [3.63, 3.8) is 0 Å². The molecule has 0 fully saturated rings. The molecule has 1 radical (unpaired) electrons. The molecule has 5 aromatic rings. The standard InChI is InChI=1S/C16H12N.C12H10N.Ir/c1-12-9-10-17-16(11-12)15-8-4-6-13-5-2-3-7-14(13)15;1-10-7-8-12(13-9-10)11-5-3-2-4-6-11;/h2-7,9-11H,1H3;2-5,7-9H,1H3;/q2*-1;. The molecule has 0 unspecified atom stereocenters. The van der Waals surface area contributed by atoms with Crippen molar-refractivity contribution in [1.29, 1.82) is 0 Å². The Bertz CT molecular complexity index is 1240. The molecule has 2 heterocycles. The molecule has 0 aliphatic carbocycles. The van der Waals surface area contributed by atoms with E-state index >= 15 is 0 Å². The molecule has 3 heteroatoms. The van der Waals surface area contributed by atoms with Crippen LogP contribution in [0.2, 0.25) is 0 Å². The van der Waals surface area contributed by atoms with Crippen molar-refractivity contribution in [3.05, 3.63) is 121 Å². The Balaban J connectivity index is 0.000000176. The van der Waals surface area contributed by atoms with Crippen molar-refractivity contribution in [2.75, 3.05) is 0 Å². The second-order valence-electron chi connectivity index (χ2n) is 7.16. The minimum Gasteiger partial charge on any atom is -0.305 e. The van der Waals surface area contributed by atoms with Crippen molar-refractivity contribution in [1.82, 2.24) is 9.97 Å². The Hall–Kier alpha value is -3.13. The summed E-state index contributed by atoms with van der Waals surface area (Å²) in [5.74, 6) is 0. The minimum absolute atomic E-state index is 0. The van der Waals surface area contributed by atoms with Crippen LogP contribution in [0.1, 0.15) is 11.1 Å². The van der Waals surface area contributed by atoms with Gasteiger partial charge in [-0.05, 0) is 36.9 Å². The molecule has 2 aromatic heterocycles. The summed E-state index contributed by atoms with van der Waals surface area (Å²) in [4.78, 5) is 8.75. The molecule has 0 aliphatic rings. The van der Waals surface area contributed by atoms with Gasteiger partial charge in [0.25, 0.3) is 0 Å². The average Bonchev–Trinajstić information content (AvgIpc) is 2.80. The molecular weight excluding hydrogens is 557 g/mol. The van der Waals surface area contributed by atoms with Gasteiger partial charge in [-0.25, -0.2) is 0 Å². The fourth-order valence-corrected chi connectivity index (χ4v) is 3.23. The van der Waals surface area contributed by atoms with Crippen LogP contribution in [-0.4, -0.2) is 9.97 Å². The Morgan fingerprint density at radius 2 is 1.52 bits per heavy atom. The monoisotopic (exact) mass is 579 g/mol. The van der Waals surface area contributed by atoms with E-state index in [2.05, 4.69) is 71.5 Å². The molecule has 31 heavy (non-hydrogen) atoms. The molecule has 0 saturated heterocycles. The van der Waals surface area contributed by atoms with E-state index in [1.54, 1.807) is 0 Å². The summed E-state index contributed by atoms with van der Waals surface area (Å²) in [5, 5.41) is 2.43. The fourth-order valence-electron chi connectivity index (χ4n) is 3.23. The van der Waals surface area contributed by atoms with Gasteiger partial charge in [0.15, 0.2) is 0 Å². The first kappa shape index (κ1) is 22.6. The van der Waals surface area contributed by atoms with Crippen LogP contribution in [0.25, 0.3) is 33.3 Å². The first-order valence-electron chi connectivity index (χ1n) is 9.93. The van der Waals surface area contributed by atoms with Crippen LogP contribution in [0, 0.1) is 26.0 Å². The average molecular weight is 579 g/mol. The summed E-state index contributed by atoms with van der Waals surface area (Å²) in [6.45, 7) is 4.11. The molecule has 0 spiro atoms. The summed E-state index contributed by atoms with van der Waals surface area (Å²) in [6, 6.07) is 34.8. The zero-order valence-electron chi connectivity index (χ0n) is 17.5. The van der Waals surface area contributed by atoms with E-state index in [-0.39, 0.29) is 20.1 Å². The molecule has 155 valence electrons. The molecule has 0 amide bonds. The summed E-state index contributed by atoms with van der Waals surface area (Å²) < 4.78 is 0. The molecule has 0 N–H and O–H groups in total. The normalized spacial score (nSPS) is 10.0. The van der Waals surface area contributed by atoms with Crippen LogP contribution in [0.3, 0.4) is 0 Å². The third-order valence-corrected chi connectivity index (χ3v) is 4.79. The van der Waals surface area contributed by atoms with Crippen molar-refractivity contribution < 1.29 is 20.1 Å². The molecule has 0 bridgehead atoms. The number of aryl methyl sites for hydroxylation is 2. The van der Waals surface area contributed by atoms with Crippen LogP contribution in [0.15, 0.2) is 97.3 Å². The van der Waals surface area contributed by atoms with E-state index in [0.29, 0.717) is 0 Å². The predicted octanol–water partition coefficient (Wildman–Crippen LogP) is 6.87. The van der Waals surface area contributed by atoms with Crippen LogP contribution in [0.4, 0.5) is 0 Å².